The van der Waals surface area contributed by atoms with E-state index in [1.165, 1.54) is 4.90 Å². The molecule has 2 aliphatic rings. The molecule has 5 nitrogen and oxygen atoms in total. The van der Waals surface area contributed by atoms with Crippen molar-refractivity contribution in [3.05, 3.63) is 59.1 Å². The van der Waals surface area contributed by atoms with Crippen molar-refractivity contribution in [1.29, 1.82) is 0 Å². The van der Waals surface area contributed by atoms with Gasteiger partial charge in [0.2, 0.25) is 11.8 Å². The highest BCUT2D eigenvalue weighted by molar-refractivity contribution is 6.30. The van der Waals surface area contributed by atoms with Crippen molar-refractivity contribution in [2.45, 2.75) is 26.2 Å². The molecular formula is C23H22ClNO4. The average molecular weight is 412 g/mol. The summed E-state index contributed by atoms with van der Waals surface area (Å²) in [7, 11) is 0. The van der Waals surface area contributed by atoms with Gasteiger partial charge in [0.1, 0.15) is 5.75 Å². The molecule has 1 aliphatic heterocycles. The Labute approximate surface area is 174 Å². The highest BCUT2D eigenvalue weighted by atomic mass is 35.5. The van der Waals surface area contributed by atoms with Crippen LogP contribution in [0.25, 0.3) is 0 Å². The van der Waals surface area contributed by atoms with E-state index in [9.17, 15) is 14.4 Å². The average Bonchev–Trinajstić information content (AvgIpc) is 2.97. The summed E-state index contributed by atoms with van der Waals surface area (Å²) in [4.78, 5) is 39.1. The van der Waals surface area contributed by atoms with Crippen LogP contribution in [-0.2, 0) is 9.59 Å². The standard InChI is InChI=1S/C23H22ClNO4/c1-14-2-11-19-20(12-14)23(28)25(22(19)27)17-7-9-18(10-8-17)29-13-21(26)15-3-5-16(24)6-4-15/h3-10,14,19-20H,2,11-13H2,1H3/t14-,19+,20-/m1/s1. The van der Waals surface area contributed by atoms with E-state index in [0.29, 0.717) is 27.9 Å². The number of benzene rings is 2. The lowest BCUT2D eigenvalue weighted by molar-refractivity contribution is -0.122. The van der Waals surface area contributed by atoms with Crippen molar-refractivity contribution in [2.24, 2.45) is 17.8 Å². The summed E-state index contributed by atoms with van der Waals surface area (Å²) in [6.45, 7) is 2.03. The lowest BCUT2D eigenvalue weighted by atomic mass is 9.76. The van der Waals surface area contributed by atoms with Gasteiger partial charge in [0.25, 0.3) is 0 Å². The second-order valence-corrected chi connectivity index (χ2v) is 8.29. The van der Waals surface area contributed by atoms with E-state index in [4.69, 9.17) is 16.3 Å². The number of hydrogen-bond donors (Lipinski definition) is 0. The first kappa shape index (κ1) is 19.6. The van der Waals surface area contributed by atoms with E-state index >= 15 is 0 Å². The van der Waals surface area contributed by atoms with Crippen LogP contribution in [0.4, 0.5) is 5.69 Å². The van der Waals surface area contributed by atoms with E-state index in [1.807, 2.05) is 0 Å². The number of nitrogens with zero attached hydrogens (tertiary/aromatic N) is 1. The van der Waals surface area contributed by atoms with Crippen LogP contribution in [-0.4, -0.2) is 24.2 Å². The zero-order chi connectivity index (χ0) is 20.5. The number of Topliss-reactive ketones (excluding diaryl/α,β-unsaturated/α-hetero) is 1. The zero-order valence-corrected chi connectivity index (χ0v) is 16.9. The first-order chi connectivity index (χ1) is 13.9. The fraction of sp³-hybridized carbons (Fsp3) is 0.348. The molecule has 0 unspecified atom stereocenters. The van der Waals surface area contributed by atoms with Gasteiger partial charge in [0.15, 0.2) is 12.4 Å². The molecule has 1 heterocycles. The number of amides is 2. The number of rotatable bonds is 5. The largest absolute Gasteiger partial charge is 0.485 e. The quantitative estimate of drug-likeness (QED) is 0.535. The molecule has 150 valence electrons. The highest BCUT2D eigenvalue weighted by Gasteiger charge is 2.49. The maximum absolute atomic E-state index is 12.8. The summed E-state index contributed by atoms with van der Waals surface area (Å²) in [6.07, 6.45) is 2.54. The van der Waals surface area contributed by atoms with E-state index in [-0.39, 0.29) is 36.0 Å². The lowest BCUT2D eigenvalue weighted by Crippen LogP contribution is -2.30. The van der Waals surface area contributed by atoms with Crippen molar-refractivity contribution in [3.8, 4) is 5.75 Å². The fourth-order valence-corrected chi connectivity index (χ4v) is 4.33. The normalized spacial score (nSPS) is 23.8. The third-order valence-electron chi connectivity index (χ3n) is 5.82. The molecule has 1 aliphatic carbocycles. The molecule has 0 bridgehead atoms. The maximum atomic E-state index is 12.8. The van der Waals surface area contributed by atoms with Crippen LogP contribution in [0.2, 0.25) is 5.02 Å². The summed E-state index contributed by atoms with van der Waals surface area (Å²) >= 11 is 5.83. The first-order valence-electron chi connectivity index (χ1n) is 9.83. The van der Waals surface area contributed by atoms with Crippen LogP contribution in [0.5, 0.6) is 5.75 Å². The Bertz CT molecular complexity index is 938. The summed E-state index contributed by atoms with van der Waals surface area (Å²) in [5, 5.41) is 0.568. The number of imide groups is 1. The minimum Gasteiger partial charge on any atom is -0.485 e. The summed E-state index contributed by atoms with van der Waals surface area (Å²) in [6, 6.07) is 13.4. The number of carbonyl (C=O) groups is 3. The van der Waals surface area contributed by atoms with Crippen molar-refractivity contribution in [1.82, 2.24) is 0 Å². The predicted octanol–water partition coefficient (Wildman–Crippen LogP) is 4.53. The first-order valence-corrected chi connectivity index (χ1v) is 10.2. The third kappa shape index (κ3) is 3.92. The topological polar surface area (TPSA) is 63.7 Å². The Morgan fingerprint density at radius 3 is 2.34 bits per heavy atom. The Kier molecular flexibility index (Phi) is 5.41. The fourth-order valence-electron chi connectivity index (χ4n) is 4.20. The van der Waals surface area contributed by atoms with Crippen molar-refractivity contribution < 1.29 is 19.1 Å². The monoisotopic (exact) mass is 411 g/mol. The second kappa shape index (κ2) is 7.99. The molecule has 4 rings (SSSR count). The molecule has 2 amide bonds. The zero-order valence-electron chi connectivity index (χ0n) is 16.1. The number of fused-ring (bicyclic) bond motifs is 1. The second-order valence-electron chi connectivity index (χ2n) is 7.86. The van der Waals surface area contributed by atoms with E-state index < -0.39 is 0 Å². The van der Waals surface area contributed by atoms with Crippen LogP contribution in [0.15, 0.2) is 48.5 Å². The van der Waals surface area contributed by atoms with Crippen LogP contribution in [0.3, 0.4) is 0 Å². The van der Waals surface area contributed by atoms with Gasteiger partial charge in [-0.05, 0) is 73.7 Å². The lowest BCUT2D eigenvalue weighted by Gasteiger charge is -2.25. The van der Waals surface area contributed by atoms with Gasteiger partial charge < -0.3 is 4.74 Å². The van der Waals surface area contributed by atoms with E-state index in [1.54, 1.807) is 48.5 Å². The smallest absolute Gasteiger partial charge is 0.237 e. The molecule has 0 N–H and O–H groups in total. The SMILES string of the molecule is C[C@@H]1CC[C@@H]2C(=O)N(c3ccc(OCC(=O)c4ccc(Cl)cc4)cc3)C(=O)[C@@H]2C1. The molecule has 2 aromatic rings. The molecular weight excluding hydrogens is 390 g/mol. The van der Waals surface area contributed by atoms with Crippen molar-refractivity contribution in [3.63, 3.8) is 0 Å². The van der Waals surface area contributed by atoms with Gasteiger partial charge in [-0.15, -0.1) is 0 Å². The Balaban J connectivity index is 1.41. The summed E-state index contributed by atoms with van der Waals surface area (Å²) in [5.74, 6) is 0.236. The van der Waals surface area contributed by atoms with Crippen molar-refractivity contribution >= 4 is 34.9 Å². The number of carbonyl (C=O) groups excluding carboxylic acids is 3. The van der Waals surface area contributed by atoms with E-state index in [0.717, 1.165) is 19.3 Å². The van der Waals surface area contributed by atoms with Crippen LogP contribution >= 0.6 is 11.6 Å². The Morgan fingerprint density at radius 2 is 1.66 bits per heavy atom. The van der Waals surface area contributed by atoms with Gasteiger partial charge in [-0.3, -0.25) is 19.3 Å². The molecule has 29 heavy (non-hydrogen) atoms. The molecule has 1 saturated heterocycles. The van der Waals surface area contributed by atoms with Gasteiger partial charge in [-0.1, -0.05) is 18.5 Å². The Hall–Kier alpha value is -2.66. The Morgan fingerprint density at radius 1 is 1.00 bits per heavy atom. The minimum atomic E-state index is -0.195. The van der Waals surface area contributed by atoms with Gasteiger partial charge in [-0.2, -0.15) is 0 Å². The minimum absolute atomic E-state index is 0.0986. The molecule has 1 saturated carbocycles. The van der Waals surface area contributed by atoms with E-state index in [2.05, 4.69) is 6.92 Å². The predicted molar refractivity (Wildman–Crippen MR) is 110 cm³/mol. The van der Waals surface area contributed by atoms with Crippen LogP contribution < -0.4 is 9.64 Å². The van der Waals surface area contributed by atoms with Gasteiger partial charge >= 0.3 is 0 Å². The van der Waals surface area contributed by atoms with Gasteiger partial charge in [0.05, 0.1) is 17.5 Å². The number of anilines is 1. The number of ketones is 1. The molecule has 0 aromatic heterocycles. The number of ether oxygens (including phenoxy) is 1. The third-order valence-corrected chi connectivity index (χ3v) is 6.07. The highest BCUT2D eigenvalue weighted by Crippen LogP contribution is 2.42. The molecule has 0 radical (unpaired) electrons. The number of hydrogen-bond acceptors (Lipinski definition) is 4. The van der Waals surface area contributed by atoms with Crippen molar-refractivity contribution in [2.75, 3.05) is 11.5 Å². The maximum Gasteiger partial charge on any atom is 0.237 e. The number of halogens is 1. The molecule has 3 atom stereocenters. The van der Waals surface area contributed by atoms with Gasteiger partial charge in [-0.25, -0.2) is 0 Å². The van der Waals surface area contributed by atoms with Gasteiger partial charge in [0, 0.05) is 10.6 Å². The molecule has 2 fully saturated rings. The van der Waals surface area contributed by atoms with Crippen LogP contribution in [0, 0.1) is 17.8 Å². The molecule has 0 spiro atoms. The molecule has 2 aromatic carbocycles. The molecule has 6 heteroatoms. The summed E-state index contributed by atoms with van der Waals surface area (Å²) < 4.78 is 5.56. The summed E-state index contributed by atoms with van der Waals surface area (Å²) in [5.41, 5.74) is 1.08. The van der Waals surface area contributed by atoms with Crippen LogP contribution in [0.1, 0.15) is 36.5 Å².